The Morgan fingerprint density at radius 3 is 2.43 bits per heavy atom. The van der Waals surface area contributed by atoms with Crippen molar-refractivity contribution in [2.24, 2.45) is 0 Å². The molecule has 0 radical (unpaired) electrons. The van der Waals surface area contributed by atoms with Gasteiger partial charge in [-0.25, -0.2) is 9.07 Å². The van der Waals surface area contributed by atoms with E-state index in [1.165, 1.54) is 4.68 Å². The maximum atomic E-state index is 15.4. The van der Waals surface area contributed by atoms with Crippen LogP contribution in [-0.4, -0.2) is 46.4 Å². The van der Waals surface area contributed by atoms with E-state index in [1.54, 1.807) is 21.9 Å². The number of carbonyl (C=O) groups excluding carboxylic acids is 2. The first kappa shape index (κ1) is 21.8. The fraction of sp³-hybridized carbons (Fsp3) is 0.346. The van der Waals surface area contributed by atoms with Crippen molar-refractivity contribution in [1.29, 1.82) is 0 Å². The second-order valence-corrected chi connectivity index (χ2v) is 9.04. The first-order valence-corrected chi connectivity index (χ1v) is 12.0. The number of halogens is 1. The van der Waals surface area contributed by atoms with E-state index >= 15 is 4.39 Å². The molecule has 9 heteroatoms. The second-order valence-electron chi connectivity index (χ2n) is 9.04. The number of anilines is 2. The van der Waals surface area contributed by atoms with E-state index in [0.29, 0.717) is 67.2 Å². The van der Waals surface area contributed by atoms with Gasteiger partial charge in [0.15, 0.2) is 5.82 Å². The Bertz CT molecular complexity index is 1330. The van der Waals surface area contributed by atoms with Gasteiger partial charge in [0.1, 0.15) is 17.1 Å². The molecule has 2 aromatic carbocycles. The molecular weight excluding hydrogens is 451 g/mol. The van der Waals surface area contributed by atoms with Crippen molar-refractivity contribution in [3.05, 3.63) is 64.7 Å². The summed E-state index contributed by atoms with van der Waals surface area (Å²) >= 11 is 0. The summed E-state index contributed by atoms with van der Waals surface area (Å²) in [6.07, 6.45) is 3.39. The third-order valence-corrected chi connectivity index (χ3v) is 7.06. The topological polar surface area (TPSA) is 87.9 Å². The smallest absolute Gasteiger partial charge is 0.277 e. The quantitative estimate of drug-likeness (QED) is 0.625. The molecule has 0 spiro atoms. The van der Waals surface area contributed by atoms with Gasteiger partial charge in [0, 0.05) is 48.4 Å². The number of nitrogens with zero attached hydrogens (tertiary/aromatic N) is 4. The van der Waals surface area contributed by atoms with Gasteiger partial charge in [-0.15, -0.1) is 0 Å². The lowest BCUT2D eigenvalue weighted by Gasteiger charge is -2.30. The molecule has 2 amide bonds. The van der Waals surface area contributed by atoms with Gasteiger partial charge in [0.25, 0.3) is 5.91 Å². The summed E-state index contributed by atoms with van der Waals surface area (Å²) < 4.78 is 22.2. The number of hydrogen-bond acceptors (Lipinski definition) is 5. The molecule has 4 heterocycles. The summed E-state index contributed by atoms with van der Waals surface area (Å²) in [4.78, 5) is 29.4. The fourth-order valence-electron chi connectivity index (χ4n) is 5.26. The molecule has 3 aliphatic rings. The molecule has 0 atom stereocenters. The van der Waals surface area contributed by atoms with Gasteiger partial charge in [0.2, 0.25) is 5.91 Å². The molecule has 180 valence electrons. The van der Waals surface area contributed by atoms with Gasteiger partial charge in [-0.3, -0.25) is 9.59 Å². The highest BCUT2D eigenvalue weighted by atomic mass is 19.1. The minimum absolute atomic E-state index is 0.116. The molecule has 35 heavy (non-hydrogen) atoms. The van der Waals surface area contributed by atoms with Gasteiger partial charge in [-0.2, -0.15) is 5.10 Å². The molecule has 0 aliphatic carbocycles. The van der Waals surface area contributed by atoms with E-state index in [2.05, 4.69) is 5.10 Å². The molecule has 1 fully saturated rings. The van der Waals surface area contributed by atoms with Gasteiger partial charge in [0.05, 0.1) is 18.9 Å². The number of aliphatic hydroxyl groups excluding tert-OH is 1. The van der Waals surface area contributed by atoms with Crippen molar-refractivity contribution in [3.63, 3.8) is 0 Å². The van der Waals surface area contributed by atoms with E-state index in [-0.39, 0.29) is 29.8 Å². The Labute approximate surface area is 201 Å². The zero-order valence-electron chi connectivity index (χ0n) is 19.2. The van der Waals surface area contributed by atoms with Crippen LogP contribution < -0.4 is 14.5 Å². The summed E-state index contributed by atoms with van der Waals surface area (Å²) in [5, 5.41) is 14.3. The van der Waals surface area contributed by atoms with Crippen LogP contribution in [0.2, 0.25) is 0 Å². The van der Waals surface area contributed by atoms with E-state index in [4.69, 9.17) is 4.74 Å². The van der Waals surface area contributed by atoms with Crippen molar-refractivity contribution in [2.75, 3.05) is 29.5 Å². The van der Waals surface area contributed by atoms with Gasteiger partial charge < -0.3 is 19.6 Å². The summed E-state index contributed by atoms with van der Waals surface area (Å²) in [5.41, 5.74) is 3.42. The summed E-state index contributed by atoms with van der Waals surface area (Å²) in [6.45, 7) is 1.19. The molecular formula is C26H25FN4O4. The lowest BCUT2D eigenvalue weighted by molar-refractivity contribution is -0.119. The van der Waals surface area contributed by atoms with E-state index < -0.39 is 5.82 Å². The second kappa shape index (κ2) is 8.49. The monoisotopic (exact) mass is 476 g/mol. The third-order valence-electron chi connectivity index (χ3n) is 7.06. The average molecular weight is 477 g/mol. The first-order chi connectivity index (χ1) is 17.1. The molecule has 6 rings (SSSR count). The molecule has 1 saturated heterocycles. The molecule has 1 N–H and O–H groups in total. The summed E-state index contributed by atoms with van der Waals surface area (Å²) in [6, 6.07) is 10.6. The van der Waals surface area contributed by atoms with Gasteiger partial charge in [-0.05, 0) is 55.7 Å². The lowest BCUT2D eigenvalue weighted by atomic mass is 10.0. The Morgan fingerprint density at radius 2 is 1.69 bits per heavy atom. The Hall–Kier alpha value is -3.72. The highest BCUT2D eigenvalue weighted by Crippen LogP contribution is 2.35. The van der Waals surface area contributed by atoms with Crippen molar-refractivity contribution in [1.82, 2.24) is 9.78 Å². The predicted molar refractivity (Wildman–Crippen MR) is 127 cm³/mol. The number of ether oxygens (including phenoxy) is 1. The number of benzene rings is 2. The molecule has 1 aromatic heterocycles. The van der Waals surface area contributed by atoms with Gasteiger partial charge >= 0.3 is 0 Å². The summed E-state index contributed by atoms with van der Waals surface area (Å²) in [7, 11) is 0. The van der Waals surface area contributed by atoms with Crippen LogP contribution in [0.3, 0.4) is 0 Å². The average Bonchev–Trinajstić information content (AvgIpc) is 3.51. The first-order valence-electron chi connectivity index (χ1n) is 12.0. The predicted octanol–water partition coefficient (Wildman–Crippen LogP) is 3.16. The number of aliphatic hydroxyl groups is 1. The number of hydrogen-bond donors (Lipinski definition) is 1. The third kappa shape index (κ3) is 3.49. The normalized spacial score (nSPS) is 17.4. The molecule has 0 bridgehead atoms. The molecule has 0 unspecified atom stereocenters. The van der Waals surface area contributed by atoms with Crippen molar-refractivity contribution in [3.8, 4) is 11.4 Å². The van der Waals surface area contributed by atoms with Crippen LogP contribution in [0.15, 0.2) is 36.4 Å². The van der Waals surface area contributed by atoms with E-state index in [1.807, 2.05) is 24.3 Å². The highest BCUT2D eigenvalue weighted by Gasteiger charge is 2.34. The Morgan fingerprint density at radius 1 is 0.914 bits per heavy atom. The fourth-order valence-corrected chi connectivity index (χ4v) is 5.26. The number of piperidine rings is 1. The highest BCUT2D eigenvalue weighted by molar-refractivity contribution is 6.07. The number of fused-ring (bicyclic) bond motifs is 2. The number of rotatable bonds is 4. The summed E-state index contributed by atoms with van der Waals surface area (Å²) in [5.74, 6) is -0.147. The van der Waals surface area contributed by atoms with Crippen LogP contribution in [0.4, 0.5) is 15.8 Å². The zero-order chi connectivity index (χ0) is 24.1. The standard InChI is InChI=1S/C26H25FN4O4/c27-24-19-11-14-35-22(19)9-8-21(24)31-25-18(20(15-32)28-31)10-13-30(26(25)34)17-6-4-16(5-7-17)29-12-2-1-3-23(29)33/h4-9,32H,1-3,10-15H2. The largest absolute Gasteiger partial charge is 0.493 e. The van der Waals surface area contributed by atoms with Crippen LogP contribution in [0.25, 0.3) is 5.69 Å². The lowest BCUT2D eigenvalue weighted by Crippen LogP contribution is -2.39. The van der Waals surface area contributed by atoms with Crippen LogP contribution in [0.5, 0.6) is 5.75 Å². The number of carbonyl (C=O) groups is 2. The van der Waals surface area contributed by atoms with Crippen LogP contribution in [0, 0.1) is 5.82 Å². The van der Waals surface area contributed by atoms with Crippen LogP contribution >= 0.6 is 0 Å². The number of amides is 2. The van der Waals surface area contributed by atoms with E-state index in [9.17, 15) is 14.7 Å². The molecule has 3 aromatic rings. The number of aromatic nitrogens is 2. The zero-order valence-corrected chi connectivity index (χ0v) is 19.2. The Balaban J connectivity index is 1.36. The maximum Gasteiger partial charge on any atom is 0.277 e. The van der Waals surface area contributed by atoms with Gasteiger partial charge in [-0.1, -0.05) is 0 Å². The van der Waals surface area contributed by atoms with Crippen molar-refractivity contribution >= 4 is 23.2 Å². The van der Waals surface area contributed by atoms with E-state index in [0.717, 1.165) is 18.5 Å². The molecule has 3 aliphatic heterocycles. The minimum atomic E-state index is -0.463. The van der Waals surface area contributed by atoms with Crippen LogP contribution in [0.1, 0.15) is 46.6 Å². The van der Waals surface area contributed by atoms with Crippen LogP contribution in [-0.2, 0) is 24.2 Å². The minimum Gasteiger partial charge on any atom is -0.493 e. The van der Waals surface area contributed by atoms with Crippen molar-refractivity contribution < 1.29 is 23.8 Å². The molecule has 0 saturated carbocycles. The maximum absolute atomic E-state index is 15.4. The Kier molecular flexibility index (Phi) is 5.29. The SMILES string of the molecule is O=C1CCCCN1c1ccc(N2CCc3c(CO)nn(-c4ccc5c(c4F)CCO5)c3C2=O)cc1. The van der Waals surface area contributed by atoms with Crippen molar-refractivity contribution in [2.45, 2.75) is 38.7 Å². The molecule has 8 nitrogen and oxygen atoms in total.